The number of ketones is 1. The molecule has 3 heteroatoms. The summed E-state index contributed by atoms with van der Waals surface area (Å²) < 4.78 is 5.26. The molecule has 0 amide bonds. The monoisotopic (exact) mass is 294 g/mol. The molecule has 0 fully saturated rings. The van der Waals surface area contributed by atoms with Crippen molar-refractivity contribution in [3.8, 4) is 0 Å². The molecule has 0 saturated carbocycles. The number of carbonyl (C=O) groups is 2. The lowest BCUT2D eigenvalue weighted by atomic mass is 10.1. The highest BCUT2D eigenvalue weighted by Gasteiger charge is 2.18. The fourth-order valence-corrected chi connectivity index (χ4v) is 1.96. The van der Waals surface area contributed by atoms with Gasteiger partial charge in [0.15, 0.2) is 5.78 Å². The van der Waals surface area contributed by atoms with Crippen LogP contribution in [0.2, 0.25) is 0 Å². The van der Waals surface area contributed by atoms with Crippen molar-refractivity contribution < 1.29 is 14.3 Å². The Balaban J connectivity index is 2.13. The molecule has 0 atom stereocenters. The van der Waals surface area contributed by atoms with Crippen molar-refractivity contribution in [3.05, 3.63) is 77.4 Å². The van der Waals surface area contributed by atoms with Crippen LogP contribution in [-0.2, 0) is 20.9 Å². The highest BCUT2D eigenvalue weighted by atomic mass is 16.5. The Hall–Kier alpha value is -2.68. The van der Waals surface area contributed by atoms with E-state index in [0.29, 0.717) is 0 Å². The van der Waals surface area contributed by atoms with Gasteiger partial charge in [0.25, 0.3) is 0 Å². The van der Waals surface area contributed by atoms with Gasteiger partial charge in [0.2, 0.25) is 0 Å². The number of esters is 1. The number of hydrogen-bond donors (Lipinski definition) is 0. The first-order valence-corrected chi connectivity index (χ1v) is 7.21. The average Bonchev–Trinajstić information content (AvgIpc) is 2.58. The number of hydrogen-bond acceptors (Lipinski definition) is 3. The summed E-state index contributed by atoms with van der Waals surface area (Å²) in [5, 5.41) is 0. The van der Waals surface area contributed by atoms with Crippen molar-refractivity contribution in [3.63, 3.8) is 0 Å². The molecule has 0 spiro atoms. The standard InChI is InChI=1S/C19H18O3/c1-2-18(20)17(13-15-9-5-3-6-10-15)19(21)22-14-16-11-7-4-8-12-16/h3-13H,2,14H2,1H3/b17-13+. The second-order valence-corrected chi connectivity index (χ2v) is 4.81. The molecule has 0 N–H and O–H groups in total. The second kappa shape index (κ2) is 7.93. The van der Waals surface area contributed by atoms with Crippen molar-refractivity contribution in [1.29, 1.82) is 0 Å². The van der Waals surface area contributed by atoms with Crippen molar-refractivity contribution in [2.45, 2.75) is 20.0 Å². The summed E-state index contributed by atoms with van der Waals surface area (Å²) in [4.78, 5) is 24.2. The van der Waals surface area contributed by atoms with E-state index in [1.54, 1.807) is 13.0 Å². The first-order valence-electron chi connectivity index (χ1n) is 7.21. The van der Waals surface area contributed by atoms with E-state index in [2.05, 4.69) is 0 Å². The predicted molar refractivity (Wildman–Crippen MR) is 86.0 cm³/mol. The lowest BCUT2D eigenvalue weighted by molar-refractivity contribution is -0.141. The molecular formula is C19H18O3. The molecule has 0 aliphatic rings. The lowest BCUT2D eigenvalue weighted by Gasteiger charge is -2.07. The van der Waals surface area contributed by atoms with Crippen molar-refractivity contribution in [1.82, 2.24) is 0 Å². The molecule has 2 aromatic carbocycles. The maximum atomic E-state index is 12.2. The number of Topliss-reactive ketones (excluding diaryl/α,β-unsaturated/α-hetero) is 1. The molecule has 2 aromatic rings. The average molecular weight is 294 g/mol. The summed E-state index contributed by atoms with van der Waals surface area (Å²) in [6.45, 7) is 1.88. The maximum Gasteiger partial charge on any atom is 0.342 e. The molecule has 0 saturated heterocycles. The molecule has 0 heterocycles. The SMILES string of the molecule is CCC(=O)/C(=C\c1ccccc1)C(=O)OCc1ccccc1. The Bertz CT molecular complexity index is 658. The largest absolute Gasteiger partial charge is 0.457 e. The summed E-state index contributed by atoms with van der Waals surface area (Å²) >= 11 is 0. The quantitative estimate of drug-likeness (QED) is 0.352. The summed E-state index contributed by atoms with van der Waals surface area (Å²) in [6.07, 6.45) is 1.85. The summed E-state index contributed by atoms with van der Waals surface area (Å²) in [5.74, 6) is -0.804. The zero-order valence-corrected chi connectivity index (χ0v) is 12.5. The van der Waals surface area contributed by atoms with Crippen LogP contribution in [0.3, 0.4) is 0 Å². The molecule has 2 rings (SSSR count). The van der Waals surface area contributed by atoms with Crippen LogP contribution in [-0.4, -0.2) is 11.8 Å². The minimum absolute atomic E-state index is 0.0876. The van der Waals surface area contributed by atoms with Gasteiger partial charge in [-0.25, -0.2) is 4.79 Å². The third-order valence-corrected chi connectivity index (χ3v) is 3.16. The zero-order chi connectivity index (χ0) is 15.8. The minimum atomic E-state index is -0.584. The summed E-state index contributed by atoms with van der Waals surface area (Å²) in [5.41, 5.74) is 1.78. The van der Waals surface area contributed by atoms with Crippen molar-refractivity contribution in [2.24, 2.45) is 0 Å². The highest BCUT2D eigenvalue weighted by Crippen LogP contribution is 2.12. The fraction of sp³-hybridized carbons (Fsp3) is 0.158. The van der Waals surface area contributed by atoms with Crippen LogP contribution in [0, 0.1) is 0 Å². The maximum absolute atomic E-state index is 12.2. The summed E-state index contributed by atoms with van der Waals surface area (Å²) in [7, 11) is 0. The van der Waals surface area contributed by atoms with Gasteiger partial charge in [-0.1, -0.05) is 67.6 Å². The lowest BCUT2D eigenvalue weighted by Crippen LogP contribution is -2.15. The number of carbonyl (C=O) groups excluding carboxylic acids is 2. The van der Waals surface area contributed by atoms with Crippen LogP contribution in [0.25, 0.3) is 6.08 Å². The third kappa shape index (κ3) is 4.42. The Morgan fingerprint density at radius 1 is 0.955 bits per heavy atom. The molecule has 0 aromatic heterocycles. The predicted octanol–water partition coefficient (Wildman–Crippen LogP) is 3.79. The molecular weight excluding hydrogens is 276 g/mol. The smallest absolute Gasteiger partial charge is 0.342 e. The third-order valence-electron chi connectivity index (χ3n) is 3.16. The summed E-state index contributed by atoms with van der Waals surface area (Å²) in [6, 6.07) is 18.7. The van der Waals surface area contributed by atoms with Crippen molar-refractivity contribution in [2.75, 3.05) is 0 Å². The second-order valence-electron chi connectivity index (χ2n) is 4.81. The van der Waals surface area contributed by atoms with E-state index in [9.17, 15) is 9.59 Å². The molecule has 3 nitrogen and oxygen atoms in total. The van der Waals surface area contributed by atoms with E-state index in [-0.39, 0.29) is 24.4 Å². The van der Waals surface area contributed by atoms with E-state index in [4.69, 9.17) is 4.74 Å². The molecule has 0 radical (unpaired) electrons. The van der Waals surface area contributed by atoms with E-state index in [1.165, 1.54) is 0 Å². The van der Waals surface area contributed by atoms with Gasteiger partial charge in [-0.3, -0.25) is 4.79 Å². The van der Waals surface area contributed by atoms with Gasteiger partial charge in [-0.15, -0.1) is 0 Å². The van der Waals surface area contributed by atoms with E-state index in [0.717, 1.165) is 11.1 Å². The molecule has 112 valence electrons. The van der Waals surface area contributed by atoms with E-state index < -0.39 is 5.97 Å². The Morgan fingerprint density at radius 2 is 1.55 bits per heavy atom. The Kier molecular flexibility index (Phi) is 5.66. The van der Waals surface area contributed by atoms with Gasteiger partial charge in [0.1, 0.15) is 12.2 Å². The Morgan fingerprint density at radius 3 is 2.14 bits per heavy atom. The van der Waals surface area contributed by atoms with Crippen LogP contribution in [0.1, 0.15) is 24.5 Å². The molecule has 0 aliphatic heterocycles. The van der Waals surface area contributed by atoms with Crippen LogP contribution < -0.4 is 0 Å². The Labute approximate surface area is 130 Å². The first kappa shape index (κ1) is 15.7. The molecule has 22 heavy (non-hydrogen) atoms. The molecule has 0 bridgehead atoms. The highest BCUT2D eigenvalue weighted by molar-refractivity contribution is 6.20. The number of ether oxygens (including phenoxy) is 1. The minimum Gasteiger partial charge on any atom is -0.457 e. The van der Waals surface area contributed by atoms with E-state index >= 15 is 0 Å². The van der Waals surface area contributed by atoms with Gasteiger partial charge in [0.05, 0.1) is 0 Å². The normalized spacial score (nSPS) is 11.0. The number of rotatable bonds is 6. The van der Waals surface area contributed by atoms with Crippen molar-refractivity contribution >= 4 is 17.8 Å². The van der Waals surface area contributed by atoms with Gasteiger partial charge in [-0.05, 0) is 17.2 Å². The number of benzene rings is 2. The van der Waals surface area contributed by atoms with Gasteiger partial charge >= 0.3 is 5.97 Å². The van der Waals surface area contributed by atoms with Gasteiger partial charge < -0.3 is 4.74 Å². The van der Waals surface area contributed by atoms with Crippen LogP contribution in [0.5, 0.6) is 0 Å². The first-order chi connectivity index (χ1) is 10.7. The fourth-order valence-electron chi connectivity index (χ4n) is 1.96. The van der Waals surface area contributed by atoms with Crippen LogP contribution >= 0.6 is 0 Å². The topological polar surface area (TPSA) is 43.4 Å². The molecule has 0 unspecified atom stereocenters. The van der Waals surface area contributed by atoms with Crippen LogP contribution in [0.4, 0.5) is 0 Å². The van der Waals surface area contributed by atoms with Crippen LogP contribution in [0.15, 0.2) is 66.2 Å². The molecule has 0 aliphatic carbocycles. The zero-order valence-electron chi connectivity index (χ0n) is 12.5. The van der Waals surface area contributed by atoms with E-state index in [1.807, 2.05) is 60.7 Å². The van der Waals surface area contributed by atoms with Gasteiger partial charge in [0, 0.05) is 6.42 Å². The van der Waals surface area contributed by atoms with Gasteiger partial charge in [-0.2, -0.15) is 0 Å².